The van der Waals surface area contributed by atoms with Gasteiger partial charge < -0.3 is 24.8 Å². The quantitative estimate of drug-likeness (QED) is 0.369. The second kappa shape index (κ2) is 12.7. The van der Waals surface area contributed by atoms with Crippen LogP contribution in [-0.4, -0.2) is 70.4 Å². The van der Waals surface area contributed by atoms with Gasteiger partial charge in [-0.2, -0.15) is 13.2 Å². The van der Waals surface area contributed by atoms with Crippen LogP contribution < -0.4 is 10.2 Å². The van der Waals surface area contributed by atoms with Gasteiger partial charge in [-0.1, -0.05) is 13.0 Å². The molecule has 7 rings (SSSR count). The Kier molecular flexibility index (Phi) is 8.72. The molecule has 0 radical (unpaired) electrons. The summed E-state index contributed by atoms with van der Waals surface area (Å²) in [6.45, 7) is 4.92. The van der Waals surface area contributed by atoms with E-state index in [2.05, 4.69) is 21.4 Å². The number of carboxylic acids is 1. The normalized spacial score (nSPS) is 28.6. The number of carbonyl (C=O) groups is 2. The van der Waals surface area contributed by atoms with Gasteiger partial charge in [0.05, 0.1) is 22.6 Å². The molecule has 13 heteroatoms. The molecular formula is C35H42F3N5O5. The molecule has 2 N–H and O–H groups in total. The van der Waals surface area contributed by atoms with Crippen molar-refractivity contribution >= 4 is 29.6 Å². The molecule has 2 aliphatic carbocycles. The van der Waals surface area contributed by atoms with Crippen LogP contribution in [0.3, 0.4) is 0 Å². The molecule has 5 heterocycles. The van der Waals surface area contributed by atoms with Gasteiger partial charge >= 0.3 is 12.1 Å². The van der Waals surface area contributed by atoms with Gasteiger partial charge in [0.15, 0.2) is 5.69 Å². The van der Waals surface area contributed by atoms with Crippen molar-refractivity contribution in [2.45, 2.75) is 81.8 Å². The summed E-state index contributed by atoms with van der Waals surface area (Å²) >= 11 is 0. The third-order valence-corrected chi connectivity index (χ3v) is 11.3. The molecule has 5 aliphatic rings. The molecule has 3 aliphatic heterocycles. The number of anilines is 2. The van der Waals surface area contributed by atoms with Gasteiger partial charge in [0.1, 0.15) is 5.54 Å². The Hall–Kier alpha value is -3.58. The van der Waals surface area contributed by atoms with Crippen molar-refractivity contribution in [1.29, 1.82) is 0 Å². The van der Waals surface area contributed by atoms with Crippen LogP contribution >= 0.6 is 0 Å². The van der Waals surface area contributed by atoms with Gasteiger partial charge in [-0.25, -0.2) is 14.8 Å². The lowest BCUT2D eigenvalue weighted by atomic mass is 9.78. The standard InChI is InChI=1S/C35H42F3N5O5/c1-21-15-23-17-24(16-21)34(18-23,31(45)46)42-30(44)26-19-39-32(41-28(26)35(36,37)38)43-20-33(9-13-48-14-10-33)29-27(43)6-5-25(40-29)4-2-3-22-7-11-47-12-8-22/h2,4-6,19,21-24H,3,7-18,20H2,1H3,(H,42,44)(H,45,46)/b4-2+. The van der Waals surface area contributed by atoms with Gasteiger partial charge in [-0.3, -0.25) is 9.78 Å². The summed E-state index contributed by atoms with van der Waals surface area (Å²) < 4.78 is 54.9. The van der Waals surface area contributed by atoms with Crippen LogP contribution in [0.4, 0.5) is 24.8 Å². The number of nitrogens with one attached hydrogen (secondary N) is 1. The Balaban J connectivity index is 1.19. The number of fused-ring (bicyclic) bond motifs is 4. The minimum atomic E-state index is -4.99. The lowest BCUT2D eigenvalue weighted by Crippen LogP contribution is -2.57. The zero-order valence-electron chi connectivity index (χ0n) is 27.1. The number of rotatable bonds is 7. The minimum Gasteiger partial charge on any atom is -0.479 e. The van der Waals surface area contributed by atoms with Gasteiger partial charge in [-0.05, 0) is 99.7 Å². The summed E-state index contributed by atoms with van der Waals surface area (Å²) in [5.41, 5.74) is -2.08. The predicted molar refractivity (Wildman–Crippen MR) is 170 cm³/mol. The van der Waals surface area contributed by atoms with Gasteiger partial charge in [0.2, 0.25) is 5.95 Å². The van der Waals surface area contributed by atoms with E-state index in [1.54, 1.807) is 4.90 Å². The Bertz CT molecular complexity index is 1590. The Labute approximate surface area is 277 Å². The van der Waals surface area contributed by atoms with E-state index in [1.807, 2.05) is 25.1 Å². The molecular weight excluding hydrogens is 627 g/mol. The van der Waals surface area contributed by atoms with Crippen LogP contribution in [-0.2, 0) is 25.9 Å². The first kappa shape index (κ1) is 32.9. The summed E-state index contributed by atoms with van der Waals surface area (Å²) in [4.78, 5) is 41.0. The third-order valence-electron chi connectivity index (χ3n) is 11.3. The van der Waals surface area contributed by atoms with Crippen molar-refractivity contribution in [3.63, 3.8) is 0 Å². The fourth-order valence-corrected chi connectivity index (χ4v) is 8.89. The number of carbonyl (C=O) groups excluding carboxylic acids is 1. The van der Waals surface area contributed by atoms with Gasteiger partial charge in [-0.15, -0.1) is 0 Å². The summed E-state index contributed by atoms with van der Waals surface area (Å²) in [6.07, 6.45) is 6.54. The Morgan fingerprint density at radius 2 is 1.83 bits per heavy atom. The van der Waals surface area contributed by atoms with E-state index >= 15 is 0 Å². The Morgan fingerprint density at radius 3 is 2.56 bits per heavy atom. The molecule has 4 unspecified atom stereocenters. The van der Waals surface area contributed by atoms with E-state index in [0.29, 0.717) is 57.0 Å². The molecule has 1 spiro atoms. The number of nitrogens with zero attached hydrogens (tertiary/aromatic N) is 4. The number of hydrogen-bond acceptors (Lipinski definition) is 8. The van der Waals surface area contributed by atoms with E-state index in [4.69, 9.17) is 14.5 Å². The maximum atomic E-state index is 14.6. The third kappa shape index (κ3) is 6.08. The van der Waals surface area contributed by atoms with Crippen LogP contribution in [0.5, 0.6) is 0 Å². The Morgan fingerprint density at radius 1 is 1.08 bits per heavy atom. The lowest BCUT2D eigenvalue weighted by molar-refractivity contribution is -0.146. The largest absolute Gasteiger partial charge is 0.479 e. The average molecular weight is 670 g/mol. The van der Waals surface area contributed by atoms with E-state index in [1.165, 1.54) is 0 Å². The van der Waals surface area contributed by atoms with Gasteiger partial charge in [0.25, 0.3) is 5.91 Å². The van der Waals surface area contributed by atoms with Crippen LogP contribution in [0, 0.1) is 23.7 Å². The molecule has 2 aromatic rings. The fourth-order valence-electron chi connectivity index (χ4n) is 8.89. The first-order chi connectivity index (χ1) is 23.0. The van der Waals surface area contributed by atoms with Crippen molar-refractivity contribution in [2.24, 2.45) is 23.7 Å². The molecule has 2 saturated carbocycles. The topological polar surface area (TPSA) is 127 Å². The monoisotopic (exact) mass is 669 g/mol. The number of pyridine rings is 1. The minimum absolute atomic E-state index is 0.0974. The van der Waals surface area contributed by atoms with E-state index < -0.39 is 40.3 Å². The molecule has 2 aromatic heterocycles. The van der Waals surface area contributed by atoms with E-state index in [0.717, 1.165) is 56.5 Å². The number of aliphatic carboxylic acids is 1. The highest BCUT2D eigenvalue weighted by molar-refractivity contribution is 5.99. The number of amides is 1. The number of halogens is 3. The zero-order chi connectivity index (χ0) is 33.7. The van der Waals surface area contributed by atoms with Crippen LogP contribution in [0.2, 0.25) is 0 Å². The first-order valence-electron chi connectivity index (χ1n) is 17.1. The second-order valence-electron chi connectivity index (χ2n) is 14.5. The SMILES string of the molecule is CC1CC2CC(C1)C(NC(=O)c1cnc(N3CC4(CCOCC4)c4nc(/C=C/CC5CCOCC5)ccc43)nc1C(F)(F)F)(C(=O)O)C2. The molecule has 2 saturated heterocycles. The maximum Gasteiger partial charge on any atom is 0.434 e. The van der Waals surface area contributed by atoms with Gasteiger partial charge in [0, 0.05) is 44.6 Å². The molecule has 2 bridgehead atoms. The number of carboxylic acid groups (broad SMARTS) is 1. The highest BCUT2D eigenvalue weighted by Crippen LogP contribution is 2.51. The highest BCUT2D eigenvalue weighted by Gasteiger charge is 2.57. The second-order valence-corrected chi connectivity index (χ2v) is 14.5. The maximum absolute atomic E-state index is 14.6. The zero-order valence-corrected chi connectivity index (χ0v) is 27.1. The molecule has 1 amide bonds. The summed E-state index contributed by atoms with van der Waals surface area (Å²) in [6, 6.07) is 3.70. The molecule has 10 nitrogen and oxygen atoms in total. The van der Waals surface area contributed by atoms with Crippen molar-refractivity contribution in [1.82, 2.24) is 20.3 Å². The van der Waals surface area contributed by atoms with Crippen molar-refractivity contribution in [3.8, 4) is 0 Å². The lowest BCUT2D eigenvalue weighted by Gasteiger charge is -2.34. The molecule has 4 fully saturated rings. The summed E-state index contributed by atoms with van der Waals surface area (Å²) in [5, 5.41) is 12.8. The van der Waals surface area contributed by atoms with Crippen molar-refractivity contribution < 1.29 is 37.3 Å². The van der Waals surface area contributed by atoms with Crippen LogP contribution in [0.15, 0.2) is 24.4 Å². The molecule has 48 heavy (non-hydrogen) atoms. The first-order valence-corrected chi connectivity index (χ1v) is 17.1. The number of ether oxygens (including phenoxy) is 2. The summed E-state index contributed by atoms with van der Waals surface area (Å²) in [7, 11) is 0. The summed E-state index contributed by atoms with van der Waals surface area (Å²) in [5.74, 6) is -1.94. The smallest absolute Gasteiger partial charge is 0.434 e. The van der Waals surface area contributed by atoms with Crippen molar-refractivity contribution in [3.05, 3.63) is 47.1 Å². The number of hydrogen-bond donors (Lipinski definition) is 2. The fraction of sp³-hybridized carbons (Fsp3) is 0.629. The average Bonchev–Trinajstić information content (AvgIpc) is 3.51. The molecule has 0 aromatic carbocycles. The predicted octanol–water partition coefficient (Wildman–Crippen LogP) is 5.93. The van der Waals surface area contributed by atoms with E-state index in [-0.39, 0.29) is 30.1 Å². The number of alkyl halides is 3. The van der Waals surface area contributed by atoms with Crippen molar-refractivity contribution in [2.75, 3.05) is 37.9 Å². The van der Waals surface area contributed by atoms with E-state index in [9.17, 15) is 27.9 Å². The molecule has 258 valence electrons. The van der Waals surface area contributed by atoms with Crippen LogP contribution in [0.25, 0.3) is 6.08 Å². The highest BCUT2D eigenvalue weighted by atomic mass is 19.4. The van der Waals surface area contributed by atoms with Crippen LogP contribution in [0.1, 0.15) is 92.2 Å². The number of allylic oxidation sites excluding steroid dienone is 1. The number of aromatic nitrogens is 3. The molecule has 4 atom stereocenters.